The summed E-state index contributed by atoms with van der Waals surface area (Å²) >= 11 is 5.66. The van der Waals surface area contributed by atoms with E-state index in [0.29, 0.717) is 12.5 Å². The number of benzene rings is 1. The zero-order valence-electron chi connectivity index (χ0n) is 9.98. The van der Waals surface area contributed by atoms with Crippen molar-refractivity contribution < 1.29 is 8.78 Å². The Hall–Kier alpha value is -1.36. The summed E-state index contributed by atoms with van der Waals surface area (Å²) in [6.45, 7) is -0.00700. The number of imidazole rings is 1. The predicted molar refractivity (Wildman–Crippen MR) is 69.7 cm³/mol. The molecule has 1 aromatic heterocycles. The summed E-state index contributed by atoms with van der Waals surface area (Å²) in [6.07, 6.45) is -2.41. The summed E-state index contributed by atoms with van der Waals surface area (Å²) in [6, 6.07) is 7.54. The van der Waals surface area contributed by atoms with E-state index in [1.807, 2.05) is 35.9 Å². The smallest absolute Gasteiger partial charge is 0.255 e. The normalized spacial score (nSPS) is 11.4. The molecule has 0 amide bonds. The number of anilines is 1. The van der Waals surface area contributed by atoms with Crippen LogP contribution in [0.25, 0.3) is 11.0 Å². The number of nitrogens with zero attached hydrogens (tertiary/aromatic N) is 3. The van der Waals surface area contributed by atoms with E-state index >= 15 is 0 Å². The fraction of sp³-hybridized carbons (Fsp3) is 0.417. The van der Waals surface area contributed by atoms with Gasteiger partial charge in [-0.15, -0.1) is 11.6 Å². The van der Waals surface area contributed by atoms with Crippen LogP contribution in [0.5, 0.6) is 0 Å². The molecule has 0 aliphatic heterocycles. The van der Waals surface area contributed by atoms with Gasteiger partial charge < -0.3 is 9.47 Å². The number of aryl methyl sites for hydroxylation is 1. The standard InChI is InChI=1S/C12H14ClF2N3/c1-17-10-5-3-2-4-9(10)16-12(17)18(7-6-13)8-11(14)15/h2-5,11H,6-8H2,1H3. The third-order valence-corrected chi connectivity index (χ3v) is 2.93. The van der Waals surface area contributed by atoms with Gasteiger partial charge in [0.25, 0.3) is 6.43 Å². The van der Waals surface area contributed by atoms with Crippen molar-refractivity contribution in [1.29, 1.82) is 0 Å². The molecule has 0 unspecified atom stereocenters. The van der Waals surface area contributed by atoms with Gasteiger partial charge in [-0.25, -0.2) is 13.8 Å². The fourth-order valence-corrected chi connectivity index (χ4v) is 2.16. The first-order chi connectivity index (χ1) is 8.63. The van der Waals surface area contributed by atoms with Crippen molar-refractivity contribution in [2.45, 2.75) is 6.43 Å². The summed E-state index contributed by atoms with van der Waals surface area (Å²) in [5, 5.41) is 0. The van der Waals surface area contributed by atoms with Crippen molar-refractivity contribution in [3.63, 3.8) is 0 Å². The zero-order chi connectivity index (χ0) is 13.1. The minimum absolute atomic E-state index is 0.288. The Morgan fingerprint density at radius 1 is 1.39 bits per heavy atom. The molecule has 0 atom stereocenters. The summed E-state index contributed by atoms with van der Waals surface area (Å²) in [5.41, 5.74) is 1.71. The first kappa shape index (κ1) is 13.1. The molecular formula is C12H14ClF2N3. The molecule has 98 valence electrons. The number of hydrogen-bond donors (Lipinski definition) is 0. The minimum atomic E-state index is -2.41. The lowest BCUT2D eigenvalue weighted by atomic mass is 10.3. The molecule has 0 radical (unpaired) electrons. The molecule has 2 rings (SSSR count). The maximum atomic E-state index is 12.6. The van der Waals surface area contributed by atoms with Gasteiger partial charge in [0.1, 0.15) is 0 Å². The van der Waals surface area contributed by atoms with Gasteiger partial charge in [0.2, 0.25) is 5.95 Å². The largest absolute Gasteiger partial charge is 0.335 e. The van der Waals surface area contributed by atoms with E-state index in [9.17, 15) is 8.78 Å². The van der Waals surface area contributed by atoms with Crippen molar-refractivity contribution in [2.24, 2.45) is 7.05 Å². The lowest BCUT2D eigenvalue weighted by Gasteiger charge is -2.22. The summed E-state index contributed by atoms with van der Waals surface area (Å²) in [5.74, 6) is 0.813. The third-order valence-electron chi connectivity index (χ3n) is 2.76. The van der Waals surface area contributed by atoms with Gasteiger partial charge in [0.05, 0.1) is 17.6 Å². The van der Waals surface area contributed by atoms with Gasteiger partial charge in [0, 0.05) is 19.5 Å². The first-order valence-corrected chi connectivity index (χ1v) is 6.17. The van der Waals surface area contributed by atoms with Crippen LogP contribution < -0.4 is 4.90 Å². The van der Waals surface area contributed by atoms with Crippen LogP contribution in [-0.4, -0.2) is 34.9 Å². The topological polar surface area (TPSA) is 21.1 Å². The van der Waals surface area contributed by atoms with E-state index in [4.69, 9.17) is 11.6 Å². The molecule has 1 aromatic carbocycles. The summed E-state index contributed by atoms with van der Waals surface area (Å²) in [4.78, 5) is 5.89. The minimum Gasteiger partial charge on any atom is -0.335 e. The molecule has 0 spiro atoms. The Morgan fingerprint density at radius 2 is 2.11 bits per heavy atom. The number of aromatic nitrogens is 2. The van der Waals surface area contributed by atoms with Crippen LogP contribution >= 0.6 is 11.6 Å². The van der Waals surface area contributed by atoms with Crippen LogP contribution in [0.1, 0.15) is 0 Å². The molecule has 0 saturated heterocycles. The van der Waals surface area contributed by atoms with Crippen LogP contribution in [0, 0.1) is 0 Å². The van der Waals surface area contributed by atoms with Crippen LogP contribution in [-0.2, 0) is 7.05 Å². The molecule has 0 saturated carbocycles. The Labute approximate surface area is 109 Å². The van der Waals surface area contributed by atoms with Gasteiger partial charge in [-0.1, -0.05) is 12.1 Å². The first-order valence-electron chi connectivity index (χ1n) is 5.64. The summed E-state index contributed by atoms with van der Waals surface area (Å²) < 4.78 is 26.9. The van der Waals surface area contributed by atoms with E-state index in [1.54, 1.807) is 0 Å². The molecule has 0 bridgehead atoms. The van der Waals surface area contributed by atoms with E-state index in [0.717, 1.165) is 11.0 Å². The molecule has 6 heteroatoms. The van der Waals surface area contributed by atoms with Crippen molar-refractivity contribution >= 4 is 28.6 Å². The highest BCUT2D eigenvalue weighted by atomic mass is 35.5. The second-order valence-electron chi connectivity index (χ2n) is 3.99. The van der Waals surface area contributed by atoms with Gasteiger partial charge in [0.15, 0.2) is 0 Å². The van der Waals surface area contributed by atoms with Crippen LogP contribution in [0.4, 0.5) is 14.7 Å². The van der Waals surface area contributed by atoms with E-state index < -0.39 is 6.43 Å². The molecule has 0 fully saturated rings. The highest BCUT2D eigenvalue weighted by Crippen LogP contribution is 2.21. The van der Waals surface area contributed by atoms with Gasteiger partial charge in [-0.3, -0.25) is 0 Å². The van der Waals surface area contributed by atoms with E-state index in [2.05, 4.69) is 4.98 Å². The highest BCUT2D eigenvalue weighted by Gasteiger charge is 2.18. The van der Waals surface area contributed by atoms with Crippen LogP contribution in [0.15, 0.2) is 24.3 Å². The number of para-hydroxylation sites is 2. The Kier molecular flexibility index (Phi) is 4.01. The molecule has 0 aliphatic carbocycles. The van der Waals surface area contributed by atoms with E-state index in [1.165, 1.54) is 4.90 Å². The average molecular weight is 274 g/mol. The Morgan fingerprint density at radius 3 is 2.72 bits per heavy atom. The molecule has 0 N–H and O–H groups in total. The Bertz CT molecular complexity index is 527. The van der Waals surface area contributed by atoms with Crippen LogP contribution in [0.3, 0.4) is 0 Å². The zero-order valence-corrected chi connectivity index (χ0v) is 10.7. The molecule has 1 heterocycles. The van der Waals surface area contributed by atoms with Gasteiger partial charge in [-0.2, -0.15) is 0 Å². The Balaban J connectivity index is 2.40. The maximum absolute atomic E-state index is 12.6. The lowest BCUT2D eigenvalue weighted by molar-refractivity contribution is 0.154. The molecule has 3 nitrogen and oxygen atoms in total. The molecule has 18 heavy (non-hydrogen) atoms. The van der Waals surface area contributed by atoms with Crippen molar-refractivity contribution in [1.82, 2.24) is 9.55 Å². The fourth-order valence-electron chi connectivity index (χ4n) is 1.96. The van der Waals surface area contributed by atoms with E-state index in [-0.39, 0.29) is 12.4 Å². The number of halogens is 3. The quantitative estimate of drug-likeness (QED) is 0.781. The van der Waals surface area contributed by atoms with Crippen molar-refractivity contribution in [3.8, 4) is 0 Å². The maximum Gasteiger partial charge on any atom is 0.255 e. The third kappa shape index (κ3) is 2.56. The monoisotopic (exact) mass is 273 g/mol. The molecular weight excluding hydrogens is 260 g/mol. The van der Waals surface area contributed by atoms with Crippen LogP contribution in [0.2, 0.25) is 0 Å². The number of alkyl halides is 3. The highest BCUT2D eigenvalue weighted by molar-refractivity contribution is 6.18. The number of hydrogen-bond acceptors (Lipinski definition) is 2. The molecule has 0 aliphatic rings. The SMILES string of the molecule is Cn1c(N(CCCl)CC(F)F)nc2ccccc21. The van der Waals surface area contributed by atoms with Crippen molar-refractivity contribution in [2.75, 3.05) is 23.9 Å². The average Bonchev–Trinajstić information content (AvgIpc) is 2.66. The molecule has 2 aromatic rings. The van der Waals surface area contributed by atoms with Gasteiger partial charge >= 0.3 is 0 Å². The number of fused-ring (bicyclic) bond motifs is 1. The lowest BCUT2D eigenvalue weighted by Crippen LogP contribution is -2.32. The summed E-state index contributed by atoms with van der Waals surface area (Å²) in [7, 11) is 1.82. The second-order valence-corrected chi connectivity index (χ2v) is 4.36. The second kappa shape index (κ2) is 5.52. The predicted octanol–water partition coefficient (Wildman–Crippen LogP) is 2.88. The number of rotatable bonds is 5. The van der Waals surface area contributed by atoms with Crippen molar-refractivity contribution in [3.05, 3.63) is 24.3 Å². The van der Waals surface area contributed by atoms with Gasteiger partial charge in [-0.05, 0) is 12.1 Å².